The Balaban J connectivity index is 4.15. The minimum atomic E-state index is -3.48. The Bertz CT molecular complexity index is 233. The zero-order valence-electron chi connectivity index (χ0n) is 10.8. The van der Waals surface area contributed by atoms with Crippen molar-refractivity contribution in [2.75, 3.05) is 20.3 Å². The number of methoxy groups -OCH3 is 1. The fourth-order valence-corrected chi connectivity index (χ4v) is 1.85. The molecule has 0 aromatic rings. The van der Waals surface area contributed by atoms with Crippen molar-refractivity contribution in [2.45, 2.75) is 45.4 Å². The topological polar surface area (TPSA) is 67.8 Å². The molecule has 0 radical (unpaired) electrons. The van der Waals surface area contributed by atoms with Crippen LogP contribution in [0.4, 0.5) is 0 Å². The average Bonchev–Trinajstić information content (AvgIpc) is 2.13. The zero-order valence-corrected chi connectivity index (χ0v) is 11.7. The van der Waals surface area contributed by atoms with Crippen molar-refractivity contribution in [3.63, 3.8) is 0 Å². The normalized spacial score (nSPS) is 17.8. The summed E-state index contributed by atoms with van der Waals surface area (Å²) in [5.41, 5.74) is -0.380. The second kappa shape index (κ2) is 7.41. The number of nitrogens with one attached hydrogen (secondary N) is 1. The van der Waals surface area contributed by atoms with Gasteiger partial charge in [0, 0.05) is 13.2 Å². The maximum atomic E-state index is 11.6. The van der Waals surface area contributed by atoms with E-state index in [0.29, 0.717) is 6.61 Å². The Kier molecular flexibility index (Phi) is 7.44. The van der Waals surface area contributed by atoms with Crippen molar-refractivity contribution >= 4 is 7.60 Å². The summed E-state index contributed by atoms with van der Waals surface area (Å²) in [4.78, 5) is 9.51. The van der Waals surface area contributed by atoms with E-state index in [0.717, 1.165) is 0 Å². The smallest absolute Gasteiger partial charge is 0.330 e. The van der Waals surface area contributed by atoms with Crippen molar-refractivity contribution in [1.82, 2.24) is 5.32 Å². The Labute approximate surface area is 98.1 Å². The van der Waals surface area contributed by atoms with E-state index in [4.69, 9.17) is 9.26 Å². The lowest BCUT2D eigenvalue weighted by Gasteiger charge is -2.23. The summed E-state index contributed by atoms with van der Waals surface area (Å²) in [6, 6.07) is 0.213. The van der Waals surface area contributed by atoms with Gasteiger partial charge in [-0.1, -0.05) is 27.7 Å². The lowest BCUT2D eigenvalue weighted by Crippen LogP contribution is -2.41. The summed E-state index contributed by atoms with van der Waals surface area (Å²) in [5.74, 6) is 0. The molecule has 0 aromatic heterocycles. The molecule has 5 nitrogen and oxygen atoms in total. The predicted molar refractivity (Wildman–Crippen MR) is 64.8 cm³/mol. The van der Waals surface area contributed by atoms with Gasteiger partial charge >= 0.3 is 7.60 Å². The van der Waals surface area contributed by atoms with Gasteiger partial charge in [-0.15, -0.1) is 0 Å². The number of ether oxygens (including phenoxy) is 1. The van der Waals surface area contributed by atoms with E-state index in [1.165, 1.54) is 0 Å². The molecule has 0 heterocycles. The van der Waals surface area contributed by atoms with Crippen LogP contribution in [0.15, 0.2) is 0 Å². The van der Waals surface area contributed by atoms with Gasteiger partial charge in [0.1, 0.15) is 0 Å². The van der Waals surface area contributed by atoms with Crippen molar-refractivity contribution in [1.29, 1.82) is 0 Å². The second-order valence-corrected chi connectivity index (χ2v) is 6.85. The van der Waals surface area contributed by atoms with E-state index in [9.17, 15) is 9.46 Å². The molecule has 0 aliphatic carbocycles. The van der Waals surface area contributed by atoms with Crippen LogP contribution in [0, 0.1) is 0 Å². The van der Waals surface area contributed by atoms with Crippen molar-refractivity contribution in [3.8, 4) is 0 Å². The van der Waals surface area contributed by atoms with Gasteiger partial charge in [0.05, 0.1) is 24.9 Å². The molecular formula is C10H24NO4P. The molecule has 0 aromatic carbocycles. The highest BCUT2D eigenvalue weighted by Gasteiger charge is 2.26. The highest BCUT2D eigenvalue weighted by atomic mass is 31.2. The molecule has 0 saturated carbocycles. The van der Waals surface area contributed by atoms with Crippen LogP contribution < -0.4 is 5.32 Å². The first-order valence-electron chi connectivity index (χ1n) is 5.51. The largest absolute Gasteiger partial charge is 0.383 e. The van der Waals surface area contributed by atoms with Gasteiger partial charge in [-0.05, 0) is 0 Å². The van der Waals surface area contributed by atoms with Gasteiger partial charge in [0.15, 0.2) is 0 Å². The van der Waals surface area contributed by atoms with Gasteiger partial charge < -0.3 is 19.5 Å². The highest BCUT2D eigenvalue weighted by molar-refractivity contribution is 7.53. The second-order valence-electron chi connectivity index (χ2n) is 4.43. The first-order chi connectivity index (χ1) is 7.29. The van der Waals surface area contributed by atoms with Gasteiger partial charge in [-0.3, -0.25) is 4.57 Å². The van der Waals surface area contributed by atoms with Crippen LogP contribution in [0.5, 0.6) is 0 Å². The molecule has 16 heavy (non-hydrogen) atoms. The number of hydrogen-bond acceptors (Lipinski definition) is 4. The van der Waals surface area contributed by atoms with Crippen molar-refractivity contribution in [2.24, 2.45) is 0 Å². The van der Waals surface area contributed by atoms with E-state index in [2.05, 4.69) is 5.32 Å². The SMILES string of the molecule is COCC(COP(=O)(O)C(C)C)NC(C)C. The van der Waals surface area contributed by atoms with Gasteiger partial charge in [0.2, 0.25) is 0 Å². The lowest BCUT2D eigenvalue weighted by molar-refractivity contribution is 0.125. The lowest BCUT2D eigenvalue weighted by atomic mass is 10.3. The molecule has 6 heteroatoms. The van der Waals surface area contributed by atoms with Crippen molar-refractivity contribution < 1.29 is 18.7 Å². The number of hydrogen-bond donors (Lipinski definition) is 2. The molecule has 0 bridgehead atoms. The van der Waals surface area contributed by atoms with Crippen LogP contribution in [0.25, 0.3) is 0 Å². The van der Waals surface area contributed by atoms with Crippen LogP contribution in [0.2, 0.25) is 0 Å². The third-order valence-corrected chi connectivity index (χ3v) is 3.87. The minimum absolute atomic E-state index is 0.0655. The molecule has 98 valence electrons. The fraction of sp³-hybridized carbons (Fsp3) is 1.00. The summed E-state index contributed by atoms with van der Waals surface area (Å²) in [7, 11) is -1.89. The molecule has 0 spiro atoms. The molecule has 0 rings (SSSR count). The Morgan fingerprint density at radius 3 is 2.19 bits per heavy atom. The quantitative estimate of drug-likeness (QED) is 0.643. The Morgan fingerprint density at radius 1 is 1.25 bits per heavy atom. The van der Waals surface area contributed by atoms with Crippen LogP contribution in [0.1, 0.15) is 27.7 Å². The Morgan fingerprint density at radius 2 is 1.81 bits per heavy atom. The van der Waals surface area contributed by atoms with E-state index in [-0.39, 0.29) is 24.3 Å². The monoisotopic (exact) mass is 253 g/mol. The maximum Gasteiger partial charge on any atom is 0.330 e. The summed E-state index contributed by atoms with van der Waals surface area (Å²) >= 11 is 0. The molecule has 2 atom stereocenters. The molecule has 2 N–H and O–H groups in total. The maximum absolute atomic E-state index is 11.6. The van der Waals surface area contributed by atoms with E-state index < -0.39 is 7.60 Å². The highest BCUT2D eigenvalue weighted by Crippen LogP contribution is 2.46. The molecule has 2 unspecified atom stereocenters. The molecule has 0 saturated heterocycles. The third kappa shape index (κ3) is 6.61. The summed E-state index contributed by atoms with van der Waals surface area (Å²) in [5, 5.41) is 3.21. The van der Waals surface area contributed by atoms with Crippen molar-refractivity contribution in [3.05, 3.63) is 0 Å². The van der Waals surface area contributed by atoms with Gasteiger partial charge in [-0.25, -0.2) is 0 Å². The molecule has 0 aliphatic rings. The van der Waals surface area contributed by atoms with Gasteiger partial charge in [-0.2, -0.15) is 0 Å². The van der Waals surface area contributed by atoms with Crippen LogP contribution in [0.3, 0.4) is 0 Å². The summed E-state index contributed by atoms with van der Waals surface area (Å²) in [6.45, 7) is 7.98. The third-order valence-electron chi connectivity index (χ3n) is 2.05. The first-order valence-corrected chi connectivity index (χ1v) is 7.16. The van der Waals surface area contributed by atoms with Gasteiger partial charge in [0.25, 0.3) is 0 Å². The standard InChI is InChI=1S/C10H24NO4P/c1-8(2)11-10(6-14-5)7-15-16(12,13)9(3)4/h8-11H,6-7H2,1-5H3,(H,12,13). The summed E-state index contributed by atoms with van der Waals surface area (Å²) in [6.07, 6.45) is 0. The predicted octanol–water partition coefficient (Wildman–Crippen LogP) is 1.61. The van der Waals surface area contributed by atoms with Crippen LogP contribution in [-0.2, 0) is 13.8 Å². The summed E-state index contributed by atoms with van der Waals surface area (Å²) < 4.78 is 21.7. The number of rotatable bonds is 8. The average molecular weight is 253 g/mol. The first kappa shape index (κ1) is 16.1. The molecule has 0 amide bonds. The Hall–Kier alpha value is 0.0700. The zero-order chi connectivity index (χ0) is 12.8. The molecular weight excluding hydrogens is 229 g/mol. The molecule has 0 fully saturated rings. The van der Waals surface area contributed by atoms with E-state index in [1.807, 2.05) is 13.8 Å². The van der Waals surface area contributed by atoms with E-state index >= 15 is 0 Å². The van der Waals surface area contributed by atoms with E-state index in [1.54, 1.807) is 21.0 Å². The molecule has 0 aliphatic heterocycles. The minimum Gasteiger partial charge on any atom is -0.383 e. The van der Waals surface area contributed by atoms with Crippen LogP contribution >= 0.6 is 7.60 Å². The fourth-order valence-electron chi connectivity index (χ4n) is 1.16. The van der Waals surface area contributed by atoms with Crippen LogP contribution in [-0.4, -0.2) is 43.0 Å².